The summed E-state index contributed by atoms with van der Waals surface area (Å²) in [5, 5.41) is 0. The van der Waals surface area contributed by atoms with E-state index in [0.29, 0.717) is 17.6 Å². The molecule has 0 unspecified atom stereocenters. The molecule has 0 N–H and O–H groups in total. The Morgan fingerprint density at radius 1 is 1.18 bits per heavy atom. The molecule has 1 nitrogen and oxygen atoms in total. The number of hydrogen-bond donors (Lipinski definition) is 0. The first-order valence-electron chi connectivity index (χ1n) is 3.64. The molecule has 0 aliphatic rings. The highest BCUT2D eigenvalue weighted by atomic mass is 32.1. The third kappa shape index (κ3) is 2.09. The molecular formula is C9H11OS+. The predicted octanol–water partition coefficient (Wildman–Crippen LogP) is 2.60. The third-order valence-corrected chi connectivity index (χ3v) is 2.11. The van der Waals surface area contributed by atoms with Gasteiger partial charge in [-0.1, -0.05) is 26.0 Å². The molecular weight excluding hydrogens is 156 g/mol. The van der Waals surface area contributed by atoms with Crippen LogP contribution in [-0.2, 0) is 15.9 Å². The van der Waals surface area contributed by atoms with Crippen LogP contribution in [-0.4, -0.2) is 0 Å². The van der Waals surface area contributed by atoms with Gasteiger partial charge in [-0.15, -0.1) is 0 Å². The fourth-order valence-corrected chi connectivity index (χ4v) is 1.16. The molecule has 0 radical (unpaired) electrons. The zero-order chi connectivity index (χ0) is 8.27. The van der Waals surface area contributed by atoms with E-state index in [4.69, 9.17) is 0 Å². The van der Waals surface area contributed by atoms with Gasteiger partial charge in [0.05, 0.1) is 0 Å². The smallest absolute Gasteiger partial charge is 0.0587 e. The fourth-order valence-electron chi connectivity index (χ4n) is 0.908. The van der Waals surface area contributed by atoms with Crippen LogP contribution in [0.3, 0.4) is 0 Å². The van der Waals surface area contributed by atoms with E-state index in [1.807, 2.05) is 24.3 Å². The highest BCUT2D eigenvalue weighted by Gasteiger charge is 2.05. The Bertz CT molecular complexity index is 238. The minimum absolute atomic E-state index is 0.539. The molecule has 58 valence electrons. The molecule has 1 aromatic rings. The zero-order valence-corrected chi connectivity index (χ0v) is 7.52. The van der Waals surface area contributed by atoms with Crippen molar-refractivity contribution < 1.29 is 4.21 Å². The maximum atomic E-state index is 10.3. The van der Waals surface area contributed by atoms with Gasteiger partial charge in [0.25, 0.3) is 4.90 Å². The number of rotatable bonds is 2. The molecule has 0 aliphatic carbocycles. The van der Waals surface area contributed by atoms with Crippen molar-refractivity contribution in [3.05, 3.63) is 29.8 Å². The highest BCUT2D eigenvalue weighted by molar-refractivity contribution is 7.65. The van der Waals surface area contributed by atoms with E-state index in [0.717, 1.165) is 4.90 Å². The summed E-state index contributed by atoms with van der Waals surface area (Å²) in [5.74, 6) is 0.542. The summed E-state index contributed by atoms with van der Waals surface area (Å²) in [6.07, 6.45) is 0. The van der Waals surface area contributed by atoms with Crippen molar-refractivity contribution in [2.24, 2.45) is 0 Å². The first-order chi connectivity index (χ1) is 5.24. The van der Waals surface area contributed by atoms with Crippen molar-refractivity contribution in [3.63, 3.8) is 0 Å². The number of hydrogen-bond acceptors (Lipinski definition) is 1. The van der Waals surface area contributed by atoms with Crippen molar-refractivity contribution in [1.82, 2.24) is 0 Å². The fraction of sp³-hybridized carbons (Fsp3) is 0.333. The number of benzene rings is 1. The van der Waals surface area contributed by atoms with Gasteiger partial charge in [0.1, 0.15) is 0 Å². The Labute approximate surface area is 70.9 Å². The molecule has 11 heavy (non-hydrogen) atoms. The van der Waals surface area contributed by atoms with E-state index >= 15 is 0 Å². The topological polar surface area (TPSA) is 17.1 Å². The minimum atomic E-state index is 0.539. The van der Waals surface area contributed by atoms with Gasteiger partial charge in [-0.2, -0.15) is 0 Å². The molecule has 0 spiro atoms. The molecule has 1 aromatic carbocycles. The average Bonchev–Trinajstić information content (AvgIpc) is 2.05. The van der Waals surface area contributed by atoms with E-state index in [1.54, 1.807) is 0 Å². The van der Waals surface area contributed by atoms with Crippen LogP contribution in [0.15, 0.2) is 29.2 Å². The van der Waals surface area contributed by atoms with Gasteiger partial charge in [0.15, 0.2) is 0 Å². The van der Waals surface area contributed by atoms with Crippen LogP contribution in [0.2, 0.25) is 0 Å². The van der Waals surface area contributed by atoms with Crippen molar-refractivity contribution in [1.29, 1.82) is 0 Å². The Morgan fingerprint density at radius 3 is 2.09 bits per heavy atom. The van der Waals surface area contributed by atoms with E-state index in [1.165, 1.54) is 5.56 Å². The van der Waals surface area contributed by atoms with Crippen molar-refractivity contribution in [2.75, 3.05) is 0 Å². The third-order valence-electron chi connectivity index (χ3n) is 1.64. The minimum Gasteiger partial charge on any atom is -0.0587 e. The molecule has 2 heteroatoms. The van der Waals surface area contributed by atoms with Gasteiger partial charge in [-0.3, -0.25) is 0 Å². The largest absolute Gasteiger partial charge is 0.505 e. The molecule has 0 aromatic heterocycles. The Kier molecular flexibility index (Phi) is 2.71. The van der Waals surface area contributed by atoms with Crippen LogP contribution in [0.5, 0.6) is 0 Å². The first kappa shape index (κ1) is 8.34. The van der Waals surface area contributed by atoms with E-state index in [-0.39, 0.29) is 0 Å². The van der Waals surface area contributed by atoms with Crippen molar-refractivity contribution >= 4 is 11.7 Å². The summed E-state index contributed by atoms with van der Waals surface area (Å²) < 4.78 is 10.3. The van der Waals surface area contributed by atoms with E-state index in [2.05, 4.69) is 13.8 Å². The molecule has 0 amide bonds. The van der Waals surface area contributed by atoms with Crippen LogP contribution < -0.4 is 0 Å². The van der Waals surface area contributed by atoms with Gasteiger partial charge < -0.3 is 0 Å². The molecule has 0 saturated heterocycles. The van der Waals surface area contributed by atoms with Crippen LogP contribution in [0.4, 0.5) is 0 Å². The SMILES string of the molecule is CC(C)c1ccc([S+]=O)cc1. The second-order valence-corrected chi connectivity index (χ2v) is 3.45. The summed E-state index contributed by atoms with van der Waals surface area (Å²) in [7, 11) is 0. The van der Waals surface area contributed by atoms with Crippen LogP contribution in [0, 0.1) is 0 Å². The van der Waals surface area contributed by atoms with Gasteiger partial charge in [-0.05, 0) is 11.5 Å². The van der Waals surface area contributed by atoms with Gasteiger partial charge in [0, 0.05) is 16.3 Å². The van der Waals surface area contributed by atoms with E-state index in [9.17, 15) is 4.21 Å². The zero-order valence-electron chi connectivity index (χ0n) is 6.70. The second kappa shape index (κ2) is 3.58. The monoisotopic (exact) mass is 167 g/mol. The van der Waals surface area contributed by atoms with Gasteiger partial charge in [-0.25, -0.2) is 0 Å². The van der Waals surface area contributed by atoms with Gasteiger partial charge in [0.2, 0.25) is 0 Å². The van der Waals surface area contributed by atoms with Gasteiger partial charge >= 0.3 is 11.7 Å². The summed E-state index contributed by atoms with van der Waals surface area (Å²) in [5.41, 5.74) is 1.28. The molecule has 1 rings (SSSR count). The molecule has 0 saturated carbocycles. The second-order valence-electron chi connectivity index (χ2n) is 2.81. The first-order valence-corrected chi connectivity index (χ1v) is 4.38. The lowest BCUT2D eigenvalue weighted by molar-refractivity contribution is 0.605. The van der Waals surface area contributed by atoms with E-state index < -0.39 is 0 Å². The molecule has 0 aliphatic heterocycles. The molecule has 0 heterocycles. The van der Waals surface area contributed by atoms with Crippen molar-refractivity contribution in [3.8, 4) is 0 Å². The van der Waals surface area contributed by atoms with Crippen LogP contribution in [0.1, 0.15) is 25.3 Å². The summed E-state index contributed by atoms with van der Waals surface area (Å²) in [4.78, 5) is 0.786. The lowest BCUT2D eigenvalue weighted by Crippen LogP contribution is -1.85. The highest BCUT2D eigenvalue weighted by Crippen LogP contribution is 2.14. The summed E-state index contributed by atoms with van der Waals surface area (Å²) in [6.45, 7) is 4.28. The lowest BCUT2D eigenvalue weighted by Gasteiger charge is -2.01. The van der Waals surface area contributed by atoms with Crippen LogP contribution in [0.25, 0.3) is 0 Å². The molecule has 0 bridgehead atoms. The maximum Gasteiger partial charge on any atom is 0.505 e. The maximum absolute atomic E-state index is 10.3. The summed E-state index contributed by atoms with van der Waals surface area (Å²) >= 11 is 0.539. The Morgan fingerprint density at radius 2 is 1.73 bits per heavy atom. The lowest BCUT2D eigenvalue weighted by atomic mass is 10.0. The average molecular weight is 167 g/mol. The Hall–Kier alpha value is -0.760. The standard InChI is InChI=1S/C9H11OS/c1-7(2)8-3-5-9(11-10)6-4-8/h3-7H,1-2H3/q+1. The van der Waals surface area contributed by atoms with Crippen LogP contribution >= 0.6 is 0 Å². The normalized spacial score (nSPS) is 10.1. The van der Waals surface area contributed by atoms with Crippen molar-refractivity contribution in [2.45, 2.75) is 24.7 Å². The Balaban J connectivity index is 2.91. The quantitative estimate of drug-likeness (QED) is 0.619. The predicted molar refractivity (Wildman–Crippen MR) is 46.8 cm³/mol. The molecule has 0 fully saturated rings. The summed E-state index contributed by atoms with van der Waals surface area (Å²) in [6, 6.07) is 7.75. The molecule has 0 atom stereocenters.